The van der Waals surface area contributed by atoms with Crippen LogP contribution in [-0.2, 0) is 26.8 Å². The number of aryl methyl sites for hydroxylation is 1. The topological polar surface area (TPSA) is 147 Å². The predicted molar refractivity (Wildman–Crippen MR) is 78.9 cm³/mol. The van der Waals surface area contributed by atoms with E-state index in [9.17, 15) is 21.6 Å². The molecule has 13 heteroatoms. The van der Waals surface area contributed by atoms with Crippen LogP contribution in [0.1, 0.15) is 2.85 Å². The minimum atomic E-state index is -4.30. The second kappa shape index (κ2) is 9.12. The fraction of sp³-hybridized carbons (Fsp3) is 0.182. The van der Waals surface area contributed by atoms with Crippen molar-refractivity contribution >= 4 is 20.2 Å². The fourth-order valence-corrected chi connectivity index (χ4v) is 2.65. The molecule has 1 heterocycles. The van der Waals surface area contributed by atoms with E-state index in [2.05, 4.69) is 5.10 Å². The third-order valence-electron chi connectivity index (χ3n) is 2.83. The standard InChI is InChI=1S/C11H12N2O7S2.2Na.2H/c14-11-7-10(12-13(11)5-6-21(15,16)17)8-1-3-9(4-2-8)22(18,19)20;;;;/h1-4,7,12H,5-6H2,(H,15,16,17)(H,18,19,20);;;;/q;2*+1;2*-1. The maximum atomic E-state index is 11.7. The minimum absolute atomic E-state index is 0. The molecule has 0 spiro atoms. The largest absolute Gasteiger partial charge is 1.00 e. The number of nitrogens with one attached hydrogen (secondary N) is 1. The molecule has 0 aliphatic heterocycles. The second-order valence-corrected chi connectivity index (χ2v) is 7.44. The van der Waals surface area contributed by atoms with E-state index in [0.29, 0.717) is 11.3 Å². The molecule has 1 aromatic carbocycles. The number of rotatable bonds is 5. The predicted octanol–water partition coefficient (Wildman–Crippen LogP) is -5.79. The van der Waals surface area contributed by atoms with E-state index in [1.807, 2.05) is 0 Å². The number of aromatic amines is 1. The summed E-state index contributed by atoms with van der Waals surface area (Å²) in [6.45, 7) is -0.249. The van der Waals surface area contributed by atoms with Gasteiger partial charge in [0.1, 0.15) is 0 Å². The third-order valence-corrected chi connectivity index (χ3v) is 4.39. The van der Waals surface area contributed by atoms with Crippen molar-refractivity contribution in [3.05, 3.63) is 40.7 Å². The van der Waals surface area contributed by atoms with Gasteiger partial charge in [0.25, 0.3) is 25.8 Å². The molecule has 24 heavy (non-hydrogen) atoms. The van der Waals surface area contributed by atoms with Crippen molar-refractivity contribution in [3.8, 4) is 11.3 Å². The zero-order valence-electron chi connectivity index (χ0n) is 15.0. The van der Waals surface area contributed by atoms with Gasteiger partial charge >= 0.3 is 59.1 Å². The van der Waals surface area contributed by atoms with Gasteiger partial charge in [-0.1, -0.05) is 12.1 Å². The average molecular weight is 396 g/mol. The van der Waals surface area contributed by atoms with Crippen LogP contribution in [0.4, 0.5) is 0 Å². The van der Waals surface area contributed by atoms with Gasteiger partial charge in [0.2, 0.25) is 0 Å². The Balaban J connectivity index is -0.00000132. The van der Waals surface area contributed by atoms with Crippen LogP contribution in [0.5, 0.6) is 0 Å². The Bertz CT molecular complexity index is 957. The molecular weight excluding hydrogens is 382 g/mol. The van der Waals surface area contributed by atoms with Crippen LogP contribution in [0, 0.1) is 0 Å². The summed E-state index contributed by atoms with van der Waals surface area (Å²) in [7, 11) is -8.49. The smallest absolute Gasteiger partial charge is 1.00 e. The molecule has 0 bridgehead atoms. The maximum absolute atomic E-state index is 11.7. The first-order valence-electron chi connectivity index (χ1n) is 5.89. The van der Waals surface area contributed by atoms with Gasteiger partial charge in [0, 0.05) is 6.07 Å². The van der Waals surface area contributed by atoms with Gasteiger partial charge in [-0.3, -0.25) is 23.7 Å². The first-order chi connectivity index (χ1) is 10.1. The molecular formula is C11H14N2Na2O7S2. The molecule has 0 atom stereocenters. The van der Waals surface area contributed by atoms with Gasteiger partial charge in [0.05, 0.1) is 22.9 Å². The number of nitrogens with zero attached hydrogens (tertiary/aromatic N) is 1. The van der Waals surface area contributed by atoms with Gasteiger partial charge in [-0.15, -0.1) is 0 Å². The van der Waals surface area contributed by atoms with Gasteiger partial charge in [-0.05, 0) is 17.7 Å². The van der Waals surface area contributed by atoms with E-state index in [4.69, 9.17) is 9.11 Å². The summed E-state index contributed by atoms with van der Waals surface area (Å²) in [5, 5.41) is 2.65. The fourth-order valence-electron chi connectivity index (χ4n) is 1.76. The summed E-state index contributed by atoms with van der Waals surface area (Å²) >= 11 is 0. The molecule has 0 aliphatic carbocycles. The maximum Gasteiger partial charge on any atom is 1.00 e. The number of benzene rings is 1. The van der Waals surface area contributed by atoms with Crippen LogP contribution in [0.25, 0.3) is 11.3 Å². The monoisotopic (exact) mass is 396 g/mol. The van der Waals surface area contributed by atoms with Crippen molar-refractivity contribution in [3.63, 3.8) is 0 Å². The van der Waals surface area contributed by atoms with Gasteiger partial charge in [0.15, 0.2) is 0 Å². The number of aromatic nitrogens is 2. The Morgan fingerprint density at radius 2 is 1.58 bits per heavy atom. The van der Waals surface area contributed by atoms with Gasteiger partial charge < -0.3 is 2.85 Å². The second-order valence-electron chi connectivity index (χ2n) is 4.45. The van der Waals surface area contributed by atoms with Gasteiger partial charge in [-0.25, -0.2) is 0 Å². The SMILES string of the molecule is O=c1cc(-c2ccc(S(=O)(=O)O)cc2)[nH]n1CCS(=O)(=O)O.[H-].[H-].[Na+].[Na+]. The van der Waals surface area contributed by atoms with Gasteiger partial charge in [-0.2, -0.15) is 16.8 Å². The molecule has 0 saturated carbocycles. The molecule has 2 rings (SSSR count). The summed E-state index contributed by atoms with van der Waals surface area (Å²) in [5.41, 5.74) is 0.301. The van der Waals surface area contributed by atoms with Crippen LogP contribution in [0.2, 0.25) is 0 Å². The zero-order valence-corrected chi connectivity index (χ0v) is 18.6. The number of hydrogen-bond acceptors (Lipinski definition) is 5. The minimum Gasteiger partial charge on any atom is -1.00 e. The van der Waals surface area contributed by atoms with Crippen molar-refractivity contribution < 1.29 is 87.9 Å². The molecule has 1 aromatic heterocycles. The Labute approximate surface area is 185 Å². The van der Waals surface area contributed by atoms with Crippen molar-refractivity contribution in [1.29, 1.82) is 0 Å². The Kier molecular flexibility index (Phi) is 9.14. The molecule has 3 N–H and O–H groups in total. The van der Waals surface area contributed by atoms with E-state index in [1.54, 1.807) is 0 Å². The van der Waals surface area contributed by atoms with E-state index >= 15 is 0 Å². The molecule has 0 radical (unpaired) electrons. The molecule has 0 saturated heterocycles. The summed E-state index contributed by atoms with van der Waals surface area (Å²) in [6.07, 6.45) is 0. The van der Waals surface area contributed by atoms with Crippen LogP contribution in [-0.4, -0.2) is 41.5 Å². The summed E-state index contributed by atoms with van der Waals surface area (Å²) in [6, 6.07) is 6.28. The molecule has 2 aromatic rings. The Morgan fingerprint density at radius 3 is 2.04 bits per heavy atom. The molecule has 0 fully saturated rings. The first-order valence-corrected chi connectivity index (χ1v) is 8.94. The summed E-state index contributed by atoms with van der Waals surface area (Å²) in [4.78, 5) is 11.4. The van der Waals surface area contributed by atoms with E-state index in [-0.39, 0.29) is 73.4 Å². The number of hydrogen-bond donors (Lipinski definition) is 3. The van der Waals surface area contributed by atoms with E-state index < -0.39 is 31.5 Å². The Morgan fingerprint density at radius 1 is 1.04 bits per heavy atom. The quantitative estimate of drug-likeness (QED) is 0.337. The van der Waals surface area contributed by atoms with Crippen molar-refractivity contribution in [2.24, 2.45) is 0 Å². The van der Waals surface area contributed by atoms with Crippen LogP contribution in [0.3, 0.4) is 0 Å². The van der Waals surface area contributed by atoms with E-state index in [0.717, 1.165) is 4.68 Å². The zero-order chi connectivity index (χ0) is 16.5. The van der Waals surface area contributed by atoms with Crippen LogP contribution < -0.4 is 64.7 Å². The van der Waals surface area contributed by atoms with Crippen molar-refractivity contribution in [2.75, 3.05) is 5.75 Å². The first kappa shape index (κ1) is 24.1. The van der Waals surface area contributed by atoms with Crippen molar-refractivity contribution in [2.45, 2.75) is 11.4 Å². The summed E-state index contributed by atoms with van der Waals surface area (Å²) < 4.78 is 61.7. The molecule has 0 unspecified atom stereocenters. The molecule has 9 nitrogen and oxygen atoms in total. The molecule has 0 aliphatic rings. The average Bonchev–Trinajstić information content (AvgIpc) is 2.76. The van der Waals surface area contributed by atoms with Crippen LogP contribution in [0.15, 0.2) is 40.0 Å². The van der Waals surface area contributed by atoms with E-state index in [1.165, 1.54) is 30.3 Å². The third kappa shape index (κ3) is 6.75. The molecule has 0 amide bonds. The Hall–Kier alpha value is 0.0500. The van der Waals surface area contributed by atoms with Crippen LogP contribution >= 0.6 is 0 Å². The normalized spacial score (nSPS) is 11.4. The van der Waals surface area contributed by atoms with Crippen molar-refractivity contribution in [1.82, 2.24) is 9.78 Å². The summed E-state index contributed by atoms with van der Waals surface area (Å²) in [5.74, 6) is -0.617. The molecule has 124 valence electrons. The number of H-pyrrole nitrogens is 1.